The van der Waals surface area contributed by atoms with E-state index in [-0.39, 0.29) is 18.4 Å². The molecule has 116 valence electrons. The van der Waals surface area contributed by atoms with E-state index in [1.807, 2.05) is 54.6 Å². The smallest absolute Gasteiger partial charge is 0.308 e. The van der Waals surface area contributed by atoms with Crippen molar-refractivity contribution in [3.05, 3.63) is 60.2 Å². The number of para-hydroxylation sites is 2. The van der Waals surface area contributed by atoms with Crippen molar-refractivity contribution >= 4 is 11.7 Å². The molecule has 2 aromatic carbocycles. The zero-order chi connectivity index (χ0) is 15.8. The number of hydrogen-bond acceptors (Lipinski definition) is 4. The van der Waals surface area contributed by atoms with E-state index in [1.165, 1.54) is 0 Å². The lowest BCUT2D eigenvalue weighted by Crippen LogP contribution is -2.18. The molecule has 2 rings (SSSR count). The second-order valence-corrected chi connectivity index (χ2v) is 4.81. The van der Waals surface area contributed by atoms with E-state index in [0.717, 1.165) is 17.0 Å². The molecule has 0 spiro atoms. The molecule has 1 N–H and O–H groups in total. The molecule has 0 saturated carbocycles. The van der Waals surface area contributed by atoms with Gasteiger partial charge in [0.2, 0.25) is 0 Å². The van der Waals surface area contributed by atoms with Crippen molar-refractivity contribution in [2.45, 2.75) is 19.4 Å². The van der Waals surface area contributed by atoms with E-state index in [1.54, 1.807) is 14.0 Å². The van der Waals surface area contributed by atoms with E-state index in [0.29, 0.717) is 6.61 Å². The van der Waals surface area contributed by atoms with E-state index in [4.69, 9.17) is 9.47 Å². The van der Waals surface area contributed by atoms with Crippen molar-refractivity contribution in [2.75, 3.05) is 19.0 Å². The van der Waals surface area contributed by atoms with E-state index in [2.05, 4.69) is 5.32 Å². The van der Waals surface area contributed by atoms with Crippen molar-refractivity contribution < 1.29 is 14.3 Å². The summed E-state index contributed by atoms with van der Waals surface area (Å²) in [7, 11) is 1.63. The van der Waals surface area contributed by atoms with Gasteiger partial charge in [-0.2, -0.15) is 0 Å². The molecule has 0 aliphatic heterocycles. The second-order valence-electron chi connectivity index (χ2n) is 4.81. The first-order valence-corrected chi connectivity index (χ1v) is 7.34. The van der Waals surface area contributed by atoms with E-state index >= 15 is 0 Å². The fourth-order valence-electron chi connectivity index (χ4n) is 2.32. The maximum absolute atomic E-state index is 11.9. The molecule has 22 heavy (non-hydrogen) atoms. The van der Waals surface area contributed by atoms with Gasteiger partial charge in [0, 0.05) is 11.3 Å². The highest BCUT2D eigenvalue weighted by atomic mass is 16.5. The Bertz CT molecular complexity index is 598. The Labute approximate surface area is 131 Å². The monoisotopic (exact) mass is 299 g/mol. The summed E-state index contributed by atoms with van der Waals surface area (Å²) < 4.78 is 10.5. The Morgan fingerprint density at radius 3 is 2.45 bits per heavy atom. The van der Waals surface area contributed by atoms with Crippen molar-refractivity contribution in [3.8, 4) is 5.75 Å². The van der Waals surface area contributed by atoms with Gasteiger partial charge in [0.1, 0.15) is 5.75 Å². The summed E-state index contributed by atoms with van der Waals surface area (Å²) in [6.45, 7) is 2.18. The molecule has 0 aromatic heterocycles. The highest BCUT2D eigenvalue weighted by Gasteiger charge is 2.20. The van der Waals surface area contributed by atoms with Gasteiger partial charge >= 0.3 is 5.97 Å². The number of carbonyl (C=O) groups is 1. The maximum atomic E-state index is 11.9. The van der Waals surface area contributed by atoms with Gasteiger partial charge in [-0.05, 0) is 25.1 Å². The average molecular weight is 299 g/mol. The molecule has 0 amide bonds. The minimum absolute atomic E-state index is 0.211. The molecular weight excluding hydrogens is 278 g/mol. The maximum Gasteiger partial charge on any atom is 0.308 e. The van der Waals surface area contributed by atoms with Crippen molar-refractivity contribution in [2.24, 2.45) is 0 Å². The van der Waals surface area contributed by atoms with Crippen LogP contribution < -0.4 is 10.1 Å². The van der Waals surface area contributed by atoms with Crippen LogP contribution in [-0.2, 0) is 9.53 Å². The zero-order valence-electron chi connectivity index (χ0n) is 12.9. The van der Waals surface area contributed by atoms with Gasteiger partial charge in [-0.15, -0.1) is 0 Å². The summed E-state index contributed by atoms with van der Waals surface area (Å²) in [6.07, 6.45) is 0.239. The first kappa shape index (κ1) is 15.9. The van der Waals surface area contributed by atoms with E-state index in [9.17, 15) is 4.79 Å². The van der Waals surface area contributed by atoms with Gasteiger partial charge < -0.3 is 14.8 Å². The van der Waals surface area contributed by atoms with Gasteiger partial charge in [-0.25, -0.2) is 0 Å². The summed E-state index contributed by atoms with van der Waals surface area (Å²) in [6, 6.07) is 17.3. The summed E-state index contributed by atoms with van der Waals surface area (Å²) in [5.41, 5.74) is 1.88. The van der Waals surface area contributed by atoms with Crippen LogP contribution in [0.1, 0.15) is 24.9 Å². The average Bonchev–Trinajstić information content (AvgIpc) is 2.55. The molecule has 0 saturated heterocycles. The lowest BCUT2D eigenvalue weighted by molar-refractivity contribution is -0.143. The molecule has 2 aromatic rings. The summed E-state index contributed by atoms with van der Waals surface area (Å²) >= 11 is 0. The third-order valence-corrected chi connectivity index (χ3v) is 3.31. The van der Waals surface area contributed by atoms with Gasteiger partial charge in [0.25, 0.3) is 0 Å². The van der Waals surface area contributed by atoms with Gasteiger partial charge in [0.15, 0.2) is 0 Å². The molecule has 0 fully saturated rings. The van der Waals surface area contributed by atoms with Crippen LogP contribution >= 0.6 is 0 Å². The Morgan fingerprint density at radius 1 is 1.09 bits per heavy atom. The largest absolute Gasteiger partial charge is 0.496 e. The van der Waals surface area contributed by atoms with Gasteiger partial charge in [-0.3, -0.25) is 4.79 Å². The van der Waals surface area contributed by atoms with Crippen LogP contribution in [0.3, 0.4) is 0 Å². The van der Waals surface area contributed by atoms with Crippen molar-refractivity contribution in [1.29, 1.82) is 0 Å². The lowest BCUT2D eigenvalue weighted by Gasteiger charge is -2.21. The SMILES string of the molecule is CCOC(=O)CC(Nc1ccccc1)c1ccccc1OC. The summed E-state index contributed by atoms with van der Waals surface area (Å²) in [5, 5.41) is 3.38. The number of ether oxygens (including phenoxy) is 2. The third kappa shape index (κ3) is 4.25. The predicted molar refractivity (Wildman–Crippen MR) is 87.0 cm³/mol. The van der Waals surface area contributed by atoms with Crippen LogP contribution in [0.25, 0.3) is 0 Å². The van der Waals surface area contributed by atoms with Crippen LogP contribution in [0, 0.1) is 0 Å². The fraction of sp³-hybridized carbons (Fsp3) is 0.278. The van der Waals surface area contributed by atoms with E-state index < -0.39 is 0 Å². The minimum atomic E-state index is -0.234. The first-order chi connectivity index (χ1) is 10.7. The normalized spacial score (nSPS) is 11.5. The highest BCUT2D eigenvalue weighted by Crippen LogP contribution is 2.30. The number of methoxy groups -OCH3 is 1. The summed E-state index contributed by atoms with van der Waals surface area (Å²) in [5.74, 6) is 0.516. The molecule has 0 heterocycles. The van der Waals surface area contributed by atoms with Gasteiger partial charge in [0.05, 0.1) is 26.2 Å². The molecular formula is C18H21NO3. The molecule has 0 aliphatic carbocycles. The Hall–Kier alpha value is -2.49. The number of esters is 1. The molecule has 0 radical (unpaired) electrons. The number of anilines is 1. The number of rotatable bonds is 7. The fourth-order valence-corrected chi connectivity index (χ4v) is 2.32. The van der Waals surface area contributed by atoms with Crippen molar-refractivity contribution in [1.82, 2.24) is 0 Å². The Morgan fingerprint density at radius 2 is 1.77 bits per heavy atom. The highest BCUT2D eigenvalue weighted by molar-refractivity contribution is 5.71. The Balaban J connectivity index is 2.26. The third-order valence-electron chi connectivity index (χ3n) is 3.31. The first-order valence-electron chi connectivity index (χ1n) is 7.34. The standard InChI is InChI=1S/C18H21NO3/c1-3-22-18(20)13-16(19-14-9-5-4-6-10-14)15-11-7-8-12-17(15)21-2/h4-12,16,19H,3,13H2,1-2H3. The second kappa shape index (κ2) is 8.08. The van der Waals surface area contributed by atoms with Crippen LogP contribution in [-0.4, -0.2) is 19.7 Å². The van der Waals surface area contributed by atoms with Crippen LogP contribution in [0.5, 0.6) is 5.75 Å². The minimum Gasteiger partial charge on any atom is -0.496 e. The quantitative estimate of drug-likeness (QED) is 0.790. The molecule has 0 bridgehead atoms. The topological polar surface area (TPSA) is 47.6 Å². The van der Waals surface area contributed by atoms with Crippen molar-refractivity contribution in [3.63, 3.8) is 0 Å². The summed E-state index contributed by atoms with van der Waals surface area (Å²) in [4.78, 5) is 11.9. The molecule has 4 nitrogen and oxygen atoms in total. The molecule has 0 aliphatic rings. The number of hydrogen-bond donors (Lipinski definition) is 1. The number of nitrogens with one attached hydrogen (secondary N) is 1. The predicted octanol–water partition coefficient (Wildman–Crippen LogP) is 3.80. The van der Waals surface area contributed by atoms with Crippen LogP contribution in [0.15, 0.2) is 54.6 Å². The molecule has 4 heteroatoms. The van der Waals surface area contributed by atoms with Gasteiger partial charge in [-0.1, -0.05) is 36.4 Å². The number of carbonyl (C=O) groups excluding carboxylic acids is 1. The Kier molecular flexibility index (Phi) is 5.83. The molecule has 1 atom stereocenters. The lowest BCUT2D eigenvalue weighted by atomic mass is 10.0. The zero-order valence-corrected chi connectivity index (χ0v) is 12.9. The number of benzene rings is 2. The van der Waals surface area contributed by atoms with Crippen LogP contribution in [0.2, 0.25) is 0 Å². The molecule has 1 unspecified atom stereocenters. The van der Waals surface area contributed by atoms with Crippen LogP contribution in [0.4, 0.5) is 5.69 Å².